The molecule has 0 fully saturated rings. The number of rotatable bonds is 4. The van der Waals surface area contributed by atoms with E-state index in [0.717, 1.165) is 22.7 Å². The maximum absolute atomic E-state index is 2.52. The number of aromatic nitrogens is 2. The molecule has 0 amide bonds. The van der Waals surface area contributed by atoms with Gasteiger partial charge < -0.3 is 18.9 Å². The smallest absolute Gasteiger partial charge is 0.252 e. The van der Waals surface area contributed by atoms with Crippen LogP contribution in [0.1, 0.15) is 11.1 Å². The van der Waals surface area contributed by atoms with Gasteiger partial charge in [-0.25, -0.2) is 0 Å². The summed E-state index contributed by atoms with van der Waals surface area (Å²) < 4.78 is 4.93. The highest BCUT2D eigenvalue weighted by atomic mass is 15.2. The zero-order valence-corrected chi connectivity index (χ0v) is 33.9. The highest BCUT2D eigenvalue weighted by Crippen LogP contribution is 2.47. The molecular formula is C56H39BN4. The molecule has 4 nitrogen and oxygen atoms in total. The molecule has 2 aliphatic rings. The maximum Gasteiger partial charge on any atom is 0.252 e. The van der Waals surface area contributed by atoms with E-state index >= 15 is 0 Å². The molecule has 9 aromatic carbocycles. The second-order valence-electron chi connectivity index (χ2n) is 16.7. The number of anilines is 6. The highest BCUT2D eigenvalue weighted by molar-refractivity contribution is 7.00. The van der Waals surface area contributed by atoms with E-state index in [9.17, 15) is 0 Å². The third-order valence-corrected chi connectivity index (χ3v) is 13.2. The van der Waals surface area contributed by atoms with E-state index in [1.54, 1.807) is 0 Å². The fourth-order valence-corrected chi connectivity index (χ4v) is 10.6. The fourth-order valence-electron chi connectivity index (χ4n) is 10.6. The van der Waals surface area contributed by atoms with Gasteiger partial charge in [-0.1, -0.05) is 126 Å². The number of fused-ring (bicyclic) bond motifs is 10. The summed E-state index contributed by atoms with van der Waals surface area (Å²) in [6, 6.07) is 74.4. The molecule has 61 heavy (non-hydrogen) atoms. The average Bonchev–Trinajstić information content (AvgIpc) is 3.82. The van der Waals surface area contributed by atoms with Crippen LogP contribution in [0.3, 0.4) is 0 Å². The Balaban J connectivity index is 1.17. The van der Waals surface area contributed by atoms with Crippen LogP contribution < -0.4 is 26.2 Å². The van der Waals surface area contributed by atoms with Crippen molar-refractivity contribution >= 4 is 101 Å². The fraction of sp³-hybridized carbons (Fsp3) is 0.0357. The summed E-state index contributed by atoms with van der Waals surface area (Å²) in [5.74, 6) is 0. The molecule has 0 radical (unpaired) electrons. The maximum atomic E-state index is 2.52. The molecule has 0 N–H and O–H groups in total. The van der Waals surface area contributed by atoms with Gasteiger partial charge in [0, 0.05) is 61.4 Å². The molecule has 2 aromatic heterocycles. The molecule has 0 atom stereocenters. The molecule has 0 saturated carbocycles. The zero-order valence-electron chi connectivity index (χ0n) is 33.9. The number of nitrogens with zero attached hydrogens (tertiary/aromatic N) is 4. The van der Waals surface area contributed by atoms with E-state index in [0.29, 0.717) is 0 Å². The summed E-state index contributed by atoms with van der Waals surface area (Å²) >= 11 is 0. The Morgan fingerprint density at radius 3 is 1.26 bits per heavy atom. The first kappa shape index (κ1) is 34.1. The first-order valence-electron chi connectivity index (χ1n) is 21.2. The minimum absolute atomic E-state index is 0.0307. The van der Waals surface area contributed by atoms with Gasteiger partial charge in [-0.3, -0.25) is 0 Å². The number of hydrogen-bond acceptors (Lipinski definition) is 2. The summed E-state index contributed by atoms with van der Waals surface area (Å²) in [7, 11) is 0. The first-order chi connectivity index (χ1) is 30.1. The summed E-state index contributed by atoms with van der Waals surface area (Å²) in [6.45, 7) is 4.37. The molecule has 286 valence electrons. The molecule has 13 rings (SSSR count). The Bertz CT molecular complexity index is 3470. The monoisotopic (exact) mass is 778 g/mol. The summed E-state index contributed by atoms with van der Waals surface area (Å²) in [5.41, 5.74) is 20.5. The molecule has 0 aliphatic carbocycles. The predicted molar refractivity (Wildman–Crippen MR) is 259 cm³/mol. The van der Waals surface area contributed by atoms with E-state index in [2.05, 4.69) is 233 Å². The predicted octanol–water partition coefficient (Wildman–Crippen LogP) is 12.6. The van der Waals surface area contributed by atoms with Gasteiger partial charge in [0.25, 0.3) is 6.71 Å². The summed E-state index contributed by atoms with van der Waals surface area (Å²) in [6.07, 6.45) is 0. The van der Waals surface area contributed by atoms with E-state index in [1.807, 2.05) is 0 Å². The highest BCUT2D eigenvalue weighted by Gasteiger charge is 2.44. The van der Waals surface area contributed by atoms with Crippen LogP contribution in [0.5, 0.6) is 0 Å². The van der Waals surface area contributed by atoms with Crippen LogP contribution in [0.25, 0.3) is 55.0 Å². The normalized spacial score (nSPS) is 13.0. The molecule has 0 spiro atoms. The zero-order chi connectivity index (χ0) is 40.3. The van der Waals surface area contributed by atoms with Crippen molar-refractivity contribution in [3.8, 4) is 11.4 Å². The van der Waals surface area contributed by atoms with Crippen molar-refractivity contribution < 1.29 is 0 Å². The van der Waals surface area contributed by atoms with Crippen molar-refractivity contribution in [2.75, 3.05) is 9.80 Å². The van der Waals surface area contributed by atoms with Crippen molar-refractivity contribution in [1.29, 1.82) is 0 Å². The molecule has 0 saturated heterocycles. The largest absolute Gasteiger partial charge is 0.311 e. The van der Waals surface area contributed by atoms with Crippen molar-refractivity contribution in [1.82, 2.24) is 9.13 Å². The summed E-state index contributed by atoms with van der Waals surface area (Å²) in [4.78, 5) is 5.04. The van der Waals surface area contributed by atoms with Crippen LogP contribution in [0.4, 0.5) is 34.1 Å². The molecular weight excluding hydrogens is 739 g/mol. The lowest BCUT2D eigenvalue weighted by atomic mass is 9.33. The van der Waals surface area contributed by atoms with Crippen molar-refractivity contribution in [3.63, 3.8) is 0 Å². The van der Waals surface area contributed by atoms with Crippen LogP contribution >= 0.6 is 0 Å². The third kappa shape index (κ3) is 4.89. The average molecular weight is 779 g/mol. The van der Waals surface area contributed by atoms with Crippen molar-refractivity contribution in [2.45, 2.75) is 13.8 Å². The minimum Gasteiger partial charge on any atom is -0.311 e. The van der Waals surface area contributed by atoms with Crippen LogP contribution in [0.15, 0.2) is 200 Å². The standard InChI is InChI=1S/C56H39BN4/c1-36-24-27-39(28-25-36)59-52-30-26-37(2)32-46(52)57-47-33-40(60-48-20-10-6-16-42(48)43-17-7-11-21-49(43)60)29-31-53(47)58(38-14-4-3-5-15-38)54-34-41(35-55(59)56(54)57)61-50-22-12-8-18-44(50)45-19-9-13-23-51(45)61/h3-35H,1-2H3. The van der Waals surface area contributed by atoms with Gasteiger partial charge >= 0.3 is 0 Å². The molecule has 5 heteroatoms. The molecule has 2 aliphatic heterocycles. The Hall–Kier alpha value is -7.76. The molecule has 4 heterocycles. The number of aryl methyl sites for hydroxylation is 2. The lowest BCUT2D eigenvalue weighted by Gasteiger charge is -2.44. The molecule has 11 aromatic rings. The van der Waals surface area contributed by atoms with Gasteiger partial charge in [-0.2, -0.15) is 0 Å². The Kier molecular flexibility index (Phi) is 7.20. The lowest BCUT2D eigenvalue weighted by molar-refractivity contribution is 1.15. The van der Waals surface area contributed by atoms with E-state index in [1.165, 1.54) is 93.9 Å². The van der Waals surface area contributed by atoms with Gasteiger partial charge in [0.05, 0.1) is 27.8 Å². The Morgan fingerprint density at radius 2 is 0.721 bits per heavy atom. The van der Waals surface area contributed by atoms with Crippen molar-refractivity contribution in [3.05, 3.63) is 211 Å². The van der Waals surface area contributed by atoms with E-state index in [4.69, 9.17) is 0 Å². The molecule has 0 unspecified atom stereocenters. The number of para-hydroxylation sites is 5. The van der Waals surface area contributed by atoms with Crippen molar-refractivity contribution in [2.24, 2.45) is 0 Å². The van der Waals surface area contributed by atoms with E-state index in [-0.39, 0.29) is 6.71 Å². The Morgan fingerprint density at radius 1 is 0.311 bits per heavy atom. The molecule has 0 bridgehead atoms. The topological polar surface area (TPSA) is 16.3 Å². The van der Waals surface area contributed by atoms with Crippen LogP contribution in [-0.4, -0.2) is 15.8 Å². The summed E-state index contributed by atoms with van der Waals surface area (Å²) in [5, 5.41) is 5.03. The second kappa shape index (κ2) is 12.9. The number of benzene rings is 9. The van der Waals surface area contributed by atoms with Crippen LogP contribution in [0.2, 0.25) is 0 Å². The SMILES string of the molecule is Cc1ccc(N2c3ccc(C)cc3B3c4cc(-n5c6ccccc6c6ccccc65)ccc4N(c4ccccc4)c4cc(-n5c6ccccc6c6ccccc65)cc2c43)cc1. The lowest BCUT2D eigenvalue weighted by Crippen LogP contribution is -2.61. The van der Waals surface area contributed by atoms with Crippen LogP contribution in [0, 0.1) is 13.8 Å². The Labute approximate surface area is 354 Å². The van der Waals surface area contributed by atoms with Gasteiger partial charge in [-0.05, 0) is 115 Å². The van der Waals surface area contributed by atoms with Gasteiger partial charge in [0.15, 0.2) is 0 Å². The van der Waals surface area contributed by atoms with Gasteiger partial charge in [0.2, 0.25) is 0 Å². The second-order valence-corrected chi connectivity index (χ2v) is 16.7. The first-order valence-corrected chi connectivity index (χ1v) is 21.2. The van der Waals surface area contributed by atoms with E-state index < -0.39 is 0 Å². The minimum atomic E-state index is -0.0307. The quantitative estimate of drug-likeness (QED) is 0.165. The van der Waals surface area contributed by atoms with Crippen LogP contribution in [-0.2, 0) is 0 Å². The third-order valence-electron chi connectivity index (χ3n) is 13.2. The van der Waals surface area contributed by atoms with Gasteiger partial charge in [-0.15, -0.1) is 0 Å². The van der Waals surface area contributed by atoms with Gasteiger partial charge in [0.1, 0.15) is 0 Å². The number of hydrogen-bond donors (Lipinski definition) is 0.